The first kappa shape index (κ1) is 18.4. The van der Waals surface area contributed by atoms with Crippen LogP contribution in [0.2, 0.25) is 10.0 Å². The molecule has 0 atom stereocenters. The Morgan fingerprint density at radius 2 is 1.65 bits per heavy atom. The van der Waals surface area contributed by atoms with Crippen molar-refractivity contribution in [2.75, 3.05) is 24.3 Å². The van der Waals surface area contributed by atoms with Crippen molar-refractivity contribution < 1.29 is 19.1 Å². The first-order chi connectivity index (χ1) is 12.4. The van der Waals surface area contributed by atoms with E-state index in [2.05, 4.69) is 5.32 Å². The number of nitrogens with one attached hydrogen (secondary N) is 1. The highest BCUT2D eigenvalue weighted by atomic mass is 35.5. The fourth-order valence-corrected chi connectivity index (χ4v) is 2.96. The lowest BCUT2D eigenvalue weighted by atomic mass is 10.1. The van der Waals surface area contributed by atoms with Gasteiger partial charge in [0.25, 0.3) is 0 Å². The minimum atomic E-state index is -0.326. The van der Waals surface area contributed by atoms with Crippen LogP contribution < -0.4 is 20.5 Å². The van der Waals surface area contributed by atoms with Crippen LogP contribution in [-0.4, -0.2) is 24.9 Å². The fourth-order valence-electron chi connectivity index (χ4n) is 2.47. The number of ketones is 1. The number of rotatable bonds is 5. The van der Waals surface area contributed by atoms with Crippen LogP contribution in [-0.2, 0) is 4.79 Å². The van der Waals surface area contributed by atoms with Crippen LogP contribution in [0.3, 0.4) is 0 Å². The molecule has 3 rings (SSSR count). The predicted octanol–water partition coefficient (Wildman–Crippen LogP) is 3.95. The number of amides is 1. The zero-order chi connectivity index (χ0) is 18.7. The topological polar surface area (TPSA) is 90.7 Å². The summed E-state index contributed by atoms with van der Waals surface area (Å²) in [6.07, 6.45) is 0.0782. The average Bonchev–Trinajstić information content (AvgIpc) is 2.63. The fraction of sp³-hybridized carbons (Fsp3) is 0.222. The zero-order valence-corrected chi connectivity index (χ0v) is 15.2. The lowest BCUT2D eigenvalue weighted by molar-refractivity contribution is -0.116. The lowest BCUT2D eigenvalue weighted by Crippen LogP contribution is -2.16. The van der Waals surface area contributed by atoms with Crippen molar-refractivity contribution >= 4 is 46.3 Å². The summed E-state index contributed by atoms with van der Waals surface area (Å²) >= 11 is 11.9. The number of halogens is 2. The third-order valence-electron chi connectivity index (χ3n) is 3.81. The second-order valence-electron chi connectivity index (χ2n) is 5.68. The van der Waals surface area contributed by atoms with E-state index in [0.29, 0.717) is 36.0 Å². The van der Waals surface area contributed by atoms with Gasteiger partial charge < -0.3 is 20.5 Å². The maximum Gasteiger partial charge on any atom is 0.224 e. The van der Waals surface area contributed by atoms with Crippen molar-refractivity contribution in [3.8, 4) is 11.5 Å². The molecular weight excluding hydrogens is 379 g/mol. The minimum absolute atomic E-state index is 0.0207. The smallest absolute Gasteiger partial charge is 0.224 e. The standard InChI is InChI=1S/C18H16Cl2N2O4/c19-12-8-11(9-13(20)18(12)21)22-17(24)4-2-14(23)10-1-3-15-16(7-10)26-6-5-25-15/h1,3,7-9H,2,4-6,21H2,(H,22,24). The zero-order valence-electron chi connectivity index (χ0n) is 13.7. The summed E-state index contributed by atoms with van der Waals surface area (Å²) in [6, 6.07) is 7.99. The van der Waals surface area contributed by atoms with Crippen LogP contribution in [0.15, 0.2) is 30.3 Å². The Labute approximate surface area is 160 Å². The van der Waals surface area contributed by atoms with E-state index in [4.69, 9.17) is 38.4 Å². The first-order valence-electron chi connectivity index (χ1n) is 7.91. The first-order valence-corrected chi connectivity index (χ1v) is 8.67. The number of anilines is 2. The predicted molar refractivity (Wildman–Crippen MR) is 101 cm³/mol. The van der Waals surface area contributed by atoms with Crippen LogP contribution in [0.4, 0.5) is 11.4 Å². The van der Waals surface area contributed by atoms with Gasteiger partial charge in [-0.3, -0.25) is 9.59 Å². The van der Waals surface area contributed by atoms with E-state index in [1.807, 2.05) is 0 Å². The van der Waals surface area contributed by atoms with Gasteiger partial charge in [-0.2, -0.15) is 0 Å². The molecule has 6 nitrogen and oxygen atoms in total. The Morgan fingerprint density at radius 3 is 2.35 bits per heavy atom. The average molecular weight is 395 g/mol. The van der Waals surface area contributed by atoms with E-state index < -0.39 is 0 Å². The summed E-state index contributed by atoms with van der Waals surface area (Å²) in [7, 11) is 0. The molecule has 2 aromatic carbocycles. The number of fused-ring (bicyclic) bond motifs is 1. The molecule has 1 heterocycles. The third-order valence-corrected chi connectivity index (χ3v) is 4.43. The van der Waals surface area contributed by atoms with Crippen LogP contribution >= 0.6 is 23.2 Å². The van der Waals surface area contributed by atoms with Crippen molar-refractivity contribution in [2.45, 2.75) is 12.8 Å². The molecule has 8 heteroatoms. The number of nitrogens with two attached hydrogens (primary N) is 1. The van der Waals surface area contributed by atoms with Crippen LogP contribution in [0.25, 0.3) is 0 Å². The highest BCUT2D eigenvalue weighted by molar-refractivity contribution is 6.39. The monoisotopic (exact) mass is 394 g/mol. The van der Waals surface area contributed by atoms with Gasteiger partial charge in [0.2, 0.25) is 5.91 Å². The van der Waals surface area contributed by atoms with Gasteiger partial charge in [0, 0.05) is 24.1 Å². The van der Waals surface area contributed by atoms with Crippen molar-refractivity contribution in [2.24, 2.45) is 0 Å². The number of Topliss-reactive ketones (excluding diaryl/α,β-unsaturated/α-hetero) is 1. The van der Waals surface area contributed by atoms with E-state index in [0.717, 1.165) is 0 Å². The summed E-state index contributed by atoms with van der Waals surface area (Å²) in [4.78, 5) is 24.4. The molecule has 0 radical (unpaired) electrons. The molecule has 1 aliphatic rings. The Balaban J connectivity index is 1.58. The Hall–Kier alpha value is -2.44. The molecule has 136 valence electrons. The molecule has 1 aliphatic heterocycles. The molecule has 0 aliphatic carbocycles. The van der Waals surface area contributed by atoms with E-state index in [9.17, 15) is 9.59 Å². The highest BCUT2D eigenvalue weighted by Crippen LogP contribution is 2.32. The molecule has 1 amide bonds. The molecule has 0 bridgehead atoms. The van der Waals surface area contributed by atoms with Gasteiger partial charge in [0.1, 0.15) is 13.2 Å². The second kappa shape index (κ2) is 7.85. The molecule has 0 spiro atoms. The van der Waals surface area contributed by atoms with Crippen molar-refractivity contribution in [1.29, 1.82) is 0 Å². The summed E-state index contributed by atoms with van der Waals surface area (Å²) in [5, 5.41) is 3.15. The Kier molecular flexibility index (Phi) is 5.54. The van der Waals surface area contributed by atoms with Crippen LogP contribution in [0, 0.1) is 0 Å². The van der Waals surface area contributed by atoms with Gasteiger partial charge in [-0.25, -0.2) is 0 Å². The SMILES string of the molecule is Nc1c(Cl)cc(NC(=O)CCC(=O)c2ccc3c(c2)OCCO3)cc1Cl. The third kappa shape index (κ3) is 4.20. The normalized spacial score (nSPS) is 12.5. The second-order valence-corrected chi connectivity index (χ2v) is 6.50. The number of hydrogen-bond acceptors (Lipinski definition) is 5. The molecule has 0 unspecified atom stereocenters. The van der Waals surface area contributed by atoms with E-state index in [1.165, 1.54) is 12.1 Å². The number of benzene rings is 2. The number of carbonyl (C=O) groups excluding carboxylic acids is 2. The van der Waals surface area contributed by atoms with Gasteiger partial charge in [-0.15, -0.1) is 0 Å². The summed E-state index contributed by atoms with van der Waals surface area (Å²) in [6.45, 7) is 0.930. The quantitative estimate of drug-likeness (QED) is 0.591. The number of ether oxygens (including phenoxy) is 2. The molecule has 0 fully saturated rings. The maximum absolute atomic E-state index is 12.3. The minimum Gasteiger partial charge on any atom is -0.486 e. The molecule has 0 saturated carbocycles. The van der Waals surface area contributed by atoms with E-state index >= 15 is 0 Å². The maximum atomic E-state index is 12.3. The van der Waals surface area contributed by atoms with Gasteiger partial charge in [-0.05, 0) is 30.3 Å². The number of hydrogen-bond donors (Lipinski definition) is 2. The molecule has 3 N–H and O–H groups in total. The van der Waals surface area contributed by atoms with Crippen molar-refractivity contribution in [3.05, 3.63) is 45.9 Å². The van der Waals surface area contributed by atoms with Gasteiger partial charge in [-0.1, -0.05) is 23.2 Å². The van der Waals surface area contributed by atoms with Gasteiger partial charge in [0.15, 0.2) is 17.3 Å². The summed E-state index contributed by atoms with van der Waals surface area (Å²) in [5.41, 5.74) is 6.80. The molecule has 2 aromatic rings. The van der Waals surface area contributed by atoms with E-state index in [1.54, 1.807) is 18.2 Å². The lowest BCUT2D eigenvalue weighted by Gasteiger charge is -2.18. The van der Waals surface area contributed by atoms with Gasteiger partial charge in [0.05, 0.1) is 15.7 Å². The molecule has 26 heavy (non-hydrogen) atoms. The Morgan fingerprint density at radius 1 is 1.00 bits per heavy atom. The largest absolute Gasteiger partial charge is 0.486 e. The van der Waals surface area contributed by atoms with Crippen LogP contribution in [0.5, 0.6) is 11.5 Å². The molecular formula is C18H16Cl2N2O4. The Bertz CT molecular complexity index is 847. The van der Waals surface area contributed by atoms with E-state index in [-0.39, 0.29) is 40.3 Å². The van der Waals surface area contributed by atoms with Crippen molar-refractivity contribution in [1.82, 2.24) is 0 Å². The number of nitrogen functional groups attached to an aromatic ring is 1. The summed E-state index contributed by atoms with van der Waals surface area (Å²) in [5.74, 6) is 0.665. The van der Waals surface area contributed by atoms with Gasteiger partial charge >= 0.3 is 0 Å². The number of carbonyl (C=O) groups is 2. The highest BCUT2D eigenvalue weighted by Gasteiger charge is 2.16. The van der Waals surface area contributed by atoms with Crippen LogP contribution in [0.1, 0.15) is 23.2 Å². The summed E-state index contributed by atoms with van der Waals surface area (Å²) < 4.78 is 10.9. The van der Waals surface area contributed by atoms with Crippen molar-refractivity contribution in [3.63, 3.8) is 0 Å². The molecule has 0 aromatic heterocycles. The molecule has 0 saturated heterocycles.